The van der Waals surface area contributed by atoms with Crippen LogP contribution in [0.5, 0.6) is 0 Å². The van der Waals surface area contributed by atoms with Crippen molar-refractivity contribution in [1.82, 2.24) is 10.2 Å². The first-order chi connectivity index (χ1) is 10.9. The fourth-order valence-electron chi connectivity index (χ4n) is 3.22. The van der Waals surface area contributed by atoms with E-state index in [2.05, 4.69) is 37.9 Å². The Balaban J connectivity index is 2.48. The topological polar surface area (TPSA) is 44.7 Å². The van der Waals surface area contributed by atoms with Crippen LogP contribution in [0.1, 0.15) is 33.3 Å². The summed E-state index contributed by atoms with van der Waals surface area (Å²) in [7, 11) is 0. The van der Waals surface area contributed by atoms with Gasteiger partial charge in [-0.25, -0.2) is 0 Å². The van der Waals surface area contributed by atoms with Crippen LogP contribution >= 0.6 is 0 Å². The van der Waals surface area contributed by atoms with Crippen molar-refractivity contribution >= 4 is 0 Å². The third-order valence-corrected chi connectivity index (χ3v) is 4.09. The van der Waals surface area contributed by atoms with Crippen molar-refractivity contribution in [1.29, 1.82) is 0 Å². The molecule has 126 valence electrons. The van der Waals surface area contributed by atoms with Crippen LogP contribution in [0.25, 0.3) is 0 Å². The number of nitrogens with zero attached hydrogens (tertiary/aromatic N) is 1. The normalized spacial score (nSPS) is 21.8. The molecule has 0 saturated heterocycles. The fraction of sp³-hybridized carbons (Fsp3) is 0.474. The summed E-state index contributed by atoms with van der Waals surface area (Å²) in [6.07, 6.45) is 0.734. The van der Waals surface area contributed by atoms with Crippen molar-refractivity contribution in [2.75, 3.05) is 13.3 Å². The summed E-state index contributed by atoms with van der Waals surface area (Å²) >= 11 is 0. The predicted molar refractivity (Wildman–Crippen MR) is 93.2 cm³/mol. The molecule has 1 unspecified atom stereocenters. The second-order valence-corrected chi connectivity index (χ2v) is 6.37. The highest BCUT2D eigenvalue weighted by atomic mass is 16.5. The second kappa shape index (κ2) is 7.20. The van der Waals surface area contributed by atoms with Crippen molar-refractivity contribution in [3.63, 3.8) is 0 Å². The van der Waals surface area contributed by atoms with E-state index in [-0.39, 0.29) is 5.92 Å². The number of aliphatic hydroxyl groups is 1. The lowest BCUT2D eigenvalue weighted by Gasteiger charge is -2.45. The highest BCUT2D eigenvalue weighted by Crippen LogP contribution is 2.35. The molecule has 1 heterocycles. The molecule has 0 spiro atoms. The molecule has 0 aliphatic carbocycles. The van der Waals surface area contributed by atoms with Gasteiger partial charge in [0.15, 0.2) is 5.72 Å². The van der Waals surface area contributed by atoms with Gasteiger partial charge in [-0.3, -0.25) is 0 Å². The van der Waals surface area contributed by atoms with Crippen LogP contribution in [0.3, 0.4) is 0 Å². The molecule has 1 aromatic rings. The zero-order chi connectivity index (χ0) is 17.0. The second-order valence-electron chi connectivity index (χ2n) is 6.37. The Hall–Kier alpha value is -1.78. The minimum Gasteiger partial charge on any atom is -0.367 e. The quantitative estimate of drug-likeness (QED) is 0.846. The molecule has 4 heteroatoms. The maximum Gasteiger partial charge on any atom is 0.158 e. The van der Waals surface area contributed by atoms with Gasteiger partial charge in [0.05, 0.1) is 0 Å². The van der Waals surface area contributed by atoms with E-state index in [0.717, 1.165) is 17.7 Å². The Kier molecular flexibility index (Phi) is 5.50. The van der Waals surface area contributed by atoms with E-state index in [4.69, 9.17) is 4.74 Å². The van der Waals surface area contributed by atoms with Crippen LogP contribution in [0, 0.1) is 5.92 Å². The number of ether oxygens (including phenoxy) is 1. The average molecular weight is 316 g/mol. The SMILES string of the molecule is C=C1NC(C)(O)C(C(C)C)=C(Cc2ccccc2)N1COCC. The summed E-state index contributed by atoms with van der Waals surface area (Å²) in [5, 5.41) is 14.0. The molecule has 0 fully saturated rings. The zero-order valence-corrected chi connectivity index (χ0v) is 14.6. The predicted octanol–water partition coefficient (Wildman–Crippen LogP) is 3.22. The number of rotatable bonds is 6. The van der Waals surface area contributed by atoms with E-state index in [1.165, 1.54) is 5.56 Å². The summed E-state index contributed by atoms with van der Waals surface area (Å²) in [4.78, 5) is 2.03. The van der Waals surface area contributed by atoms with Gasteiger partial charge in [0.1, 0.15) is 12.6 Å². The molecule has 1 aliphatic rings. The smallest absolute Gasteiger partial charge is 0.158 e. The van der Waals surface area contributed by atoms with Crippen LogP contribution in [-0.4, -0.2) is 29.1 Å². The van der Waals surface area contributed by atoms with E-state index < -0.39 is 5.72 Å². The van der Waals surface area contributed by atoms with Crippen molar-refractivity contribution in [3.8, 4) is 0 Å². The maximum atomic E-state index is 10.9. The highest BCUT2D eigenvalue weighted by Gasteiger charge is 2.38. The molecular formula is C19H28N2O2. The van der Waals surface area contributed by atoms with E-state index in [1.807, 2.05) is 30.0 Å². The Bertz CT molecular complexity index is 576. The molecule has 0 saturated carbocycles. The molecule has 1 aliphatic heterocycles. The van der Waals surface area contributed by atoms with Crippen LogP contribution in [0.2, 0.25) is 0 Å². The summed E-state index contributed by atoms with van der Waals surface area (Å²) in [5.41, 5.74) is 2.15. The minimum absolute atomic E-state index is 0.202. The van der Waals surface area contributed by atoms with E-state index >= 15 is 0 Å². The van der Waals surface area contributed by atoms with Crippen LogP contribution in [0.4, 0.5) is 0 Å². The molecular weight excluding hydrogens is 288 g/mol. The molecule has 0 bridgehead atoms. The first kappa shape index (κ1) is 17.6. The molecule has 23 heavy (non-hydrogen) atoms. The largest absolute Gasteiger partial charge is 0.367 e. The van der Waals surface area contributed by atoms with Gasteiger partial charge in [-0.2, -0.15) is 0 Å². The molecule has 1 atom stereocenters. The Morgan fingerprint density at radius 2 is 1.96 bits per heavy atom. The minimum atomic E-state index is -1.10. The number of allylic oxidation sites excluding steroid dienone is 1. The monoisotopic (exact) mass is 316 g/mol. The molecule has 2 rings (SSSR count). The lowest BCUT2D eigenvalue weighted by Crippen LogP contribution is -2.54. The van der Waals surface area contributed by atoms with E-state index in [9.17, 15) is 5.11 Å². The van der Waals surface area contributed by atoms with Gasteiger partial charge in [-0.05, 0) is 25.3 Å². The standard InChI is InChI=1S/C19H28N2O2/c1-6-23-13-21-15(4)20-19(5,22)18(14(2)3)17(21)12-16-10-8-7-9-11-16/h7-11,14,20,22H,4,6,12-13H2,1-3,5H3. The lowest BCUT2D eigenvalue weighted by atomic mass is 9.87. The van der Waals surface area contributed by atoms with Gasteiger partial charge in [0.2, 0.25) is 0 Å². The van der Waals surface area contributed by atoms with Crippen molar-refractivity contribution in [3.05, 3.63) is 59.6 Å². The van der Waals surface area contributed by atoms with Gasteiger partial charge >= 0.3 is 0 Å². The third-order valence-electron chi connectivity index (χ3n) is 4.09. The number of nitrogens with one attached hydrogen (secondary N) is 1. The Labute approximate surface area is 139 Å². The lowest BCUT2D eigenvalue weighted by molar-refractivity contribution is 0.00965. The average Bonchev–Trinajstić information content (AvgIpc) is 2.46. The Morgan fingerprint density at radius 3 is 2.52 bits per heavy atom. The van der Waals surface area contributed by atoms with E-state index in [1.54, 1.807) is 6.92 Å². The van der Waals surface area contributed by atoms with Crippen molar-refractivity contribution in [2.24, 2.45) is 5.92 Å². The first-order valence-electron chi connectivity index (χ1n) is 8.19. The molecule has 4 nitrogen and oxygen atoms in total. The van der Waals surface area contributed by atoms with Gasteiger partial charge in [-0.1, -0.05) is 50.8 Å². The van der Waals surface area contributed by atoms with Gasteiger partial charge in [-0.15, -0.1) is 0 Å². The summed E-state index contributed by atoms with van der Waals surface area (Å²) in [6, 6.07) is 10.3. The molecule has 0 amide bonds. The molecule has 1 aromatic carbocycles. The molecule has 2 N–H and O–H groups in total. The first-order valence-corrected chi connectivity index (χ1v) is 8.19. The highest BCUT2D eigenvalue weighted by molar-refractivity contribution is 5.35. The van der Waals surface area contributed by atoms with E-state index in [0.29, 0.717) is 19.2 Å². The van der Waals surface area contributed by atoms with Crippen molar-refractivity contribution < 1.29 is 9.84 Å². The fourth-order valence-corrected chi connectivity index (χ4v) is 3.22. The number of hydrogen-bond donors (Lipinski definition) is 2. The molecule has 0 radical (unpaired) electrons. The van der Waals surface area contributed by atoms with Gasteiger partial charge in [0, 0.05) is 24.3 Å². The third kappa shape index (κ3) is 3.95. The summed E-state index contributed by atoms with van der Waals surface area (Å²) < 4.78 is 5.62. The van der Waals surface area contributed by atoms with Crippen LogP contribution in [0.15, 0.2) is 54.0 Å². The van der Waals surface area contributed by atoms with Gasteiger partial charge < -0.3 is 20.1 Å². The number of hydrogen-bond acceptors (Lipinski definition) is 4. The van der Waals surface area contributed by atoms with Gasteiger partial charge in [0.25, 0.3) is 0 Å². The van der Waals surface area contributed by atoms with Crippen LogP contribution < -0.4 is 5.32 Å². The maximum absolute atomic E-state index is 10.9. The molecule has 0 aromatic heterocycles. The summed E-state index contributed by atoms with van der Waals surface area (Å²) in [6.45, 7) is 13.1. The zero-order valence-electron chi connectivity index (χ0n) is 14.6. The Morgan fingerprint density at radius 1 is 1.30 bits per heavy atom. The van der Waals surface area contributed by atoms with Crippen molar-refractivity contribution in [2.45, 2.75) is 39.8 Å². The number of benzene rings is 1. The summed E-state index contributed by atoms with van der Waals surface area (Å²) in [5.74, 6) is 0.868. The van der Waals surface area contributed by atoms with Crippen LogP contribution in [-0.2, 0) is 11.2 Å².